The molecule has 176 valence electrons. The Kier molecular flexibility index (Phi) is 5.78. The summed E-state index contributed by atoms with van der Waals surface area (Å²) < 4.78 is 0. The van der Waals surface area contributed by atoms with E-state index >= 15 is 0 Å². The first kappa shape index (κ1) is 22.9. The molecule has 1 aliphatic carbocycles. The lowest BCUT2D eigenvalue weighted by atomic mass is 9.82. The van der Waals surface area contributed by atoms with Gasteiger partial charge in [-0.3, -0.25) is 19.2 Å². The van der Waals surface area contributed by atoms with Gasteiger partial charge in [0.1, 0.15) is 0 Å². The van der Waals surface area contributed by atoms with Crippen LogP contribution in [0.15, 0.2) is 84.9 Å². The topological polar surface area (TPSA) is 92.3 Å². The maximum Gasteiger partial charge on any atom is 0.255 e. The molecule has 2 N–H and O–H groups in total. The number of amides is 2. The van der Waals surface area contributed by atoms with Gasteiger partial charge in [0.2, 0.25) is 0 Å². The quantitative estimate of drug-likeness (QED) is 0.356. The first-order valence-corrected chi connectivity index (χ1v) is 11.4. The van der Waals surface area contributed by atoms with Gasteiger partial charge in [-0.2, -0.15) is 0 Å². The minimum atomic E-state index is -0.445. The highest BCUT2D eigenvalue weighted by Gasteiger charge is 2.34. The van der Waals surface area contributed by atoms with Crippen LogP contribution in [0.2, 0.25) is 0 Å². The second-order valence-electron chi connectivity index (χ2n) is 8.76. The number of carbonyl (C=O) groups excluding carboxylic acids is 4. The Morgan fingerprint density at radius 2 is 0.972 bits per heavy atom. The Morgan fingerprint density at radius 1 is 0.556 bits per heavy atom. The van der Waals surface area contributed by atoms with Crippen LogP contribution in [0.25, 0.3) is 0 Å². The molecule has 0 saturated heterocycles. The maximum absolute atomic E-state index is 13.8. The summed E-state index contributed by atoms with van der Waals surface area (Å²) in [5, 5.41) is 5.58. The number of carbonyl (C=O) groups is 4. The molecular formula is C30H22N2O4. The molecule has 6 nitrogen and oxygen atoms in total. The third kappa shape index (κ3) is 4.09. The second kappa shape index (κ2) is 9.07. The van der Waals surface area contributed by atoms with E-state index in [2.05, 4.69) is 10.6 Å². The minimum Gasteiger partial charge on any atom is -0.321 e. The lowest BCUT2D eigenvalue weighted by Gasteiger charge is -2.22. The molecule has 0 saturated carbocycles. The number of anilines is 2. The zero-order valence-electron chi connectivity index (χ0n) is 19.7. The molecule has 6 heteroatoms. The number of aryl methyl sites for hydroxylation is 2. The summed E-state index contributed by atoms with van der Waals surface area (Å²) in [7, 11) is 0. The van der Waals surface area contributed by atoms with E-state index in [-0.39, 0.29) is 51.2 Å². The Morgan fingerprint density at radius 3 is 1.39 bits per heavy atom. The molecule has 0 heterocycles. The predicted molar refractivity (Wildman–Crippen MR) is 138 cm³/mol. The molecule has 0 aliphatic heterocycles. The van der Waals surface area contributed by atoms with Gasteiger partial charge >= 0.3 is 0 Å². The van der Waals surface area contributed by atoms with Crippen molar-refractivity contribution < 1.29 is 19.2 Å². The number of nitrogens with one attached hydrogen (secondary N) is 2. The first-order chi connectivity index (χ1) is 17.3. The molecule has 2 amide bonds. The third-order valence-corrected chi connectivity index (χ3v) is 6.13. The summed E-state index contributed by atoms with van der Waals surface area (Å²) in [4.78, 5) is 53.0. The molecule has 0 spiro atoms. The van der Waals surface area contributed by atoms with E-state index in [9.17, 15) is 19.2 Å². The third-order valence-electron chi connectivity index (χ3n) is 6.13. The molecular weight excluding hydrogens is 452 g/mol. The van der Waals surface area contributed by atoms with E-state index in [4.69, 9.17) is 0 Å². The monoisotopic (exact) mass is 474 g/mol. The zero-order chi connectivity index (χ0) is 25.4. The van der Waals surface area contributed by atoms with Crippen molar-refractivity contribution in [3.8, 4) is 0 Å². The van der Waals surface area contributed by atoms with E-state index in [1.54, 1.807) is 72.8 Å². The van der Waals surface area contributed by atoms with E-state index in [1.807, 2.05) is 26.0 Å². The summed E-state index contributed by atoms with van der Waals surface area (Å²) in [6.45, 7) is 3.76. The van der Waals surface area contributed by atoms with E-state index in [1.165, 1.54) is 0 Å². The van der Waals surface area contributed by atoms with Crippen LogP contribution < -0.4 is 10.6 Å². The summed E-state index contributed by atoms with van der Waals surface area (Å²) in [5.41, 5.74) is 3.82. The zero-order valence-corrected chi connectivity index (χ0v) is 19.7. The van der Waals surface area contributed by atoms with Crippen molar-refractivity contribution in [3.63, 3.8) is 0 Å². The Labute approximate surface area is 208 Å². The van der Waals surface area contributed by atoms with Crippen LogP contribution in [-0.2, 0) is 0 Å². The molecule has 0 unspecified atom stereocenters. The molecule has 1 aliphatic rings. The van der Waals surface area contributed by atoms with E-state index in [0.717, 1.165) is 11.1 Å². The Balaban J connectivity index is 1.53. The van der Waals surface area contributed by atoms with Crippen molar-refractivity contribution in [1.29, 1.82) is 0 Å². The van der Waals surface area contributed by atoms with Crippen molar-refractivity contribution in [2.45, 2.75) is 13.8 Å². The first-order valence-electron chi connectivity index (χ1n) is 11.4. The highest BCUT2D eigenvalue weighted by Crippen LogP contribution is 2.36. The number of ketones is 2. The van der Waals surface area contributed by atoms with Crippen LogP contribution in [0.3, 0.4) is 0 Å². The fourth-order valence-electron chi connectivity index (χ4n) is 4.41. The number of hydrogen-bond acceptors (Lipinski definition) is 4. The van der Waals surface area contributed by atoms with Gasteiger partial charge in [0.05, 0.1) is 22.5 Å². The van der Waals surface area contributed by atoms with Gasteiger partial charge in [-0.25, -0.2) is 0 Å². The second-order valence-corrected chi connectivity index (χ2v) is 8.76. The van der Waals surface area contributed by atoms with Crippen molar-refractivity contribution >= 4 is 34.8 Å². The van der Waals surface area contributed by atoms with Crippen molar-refractivity contribution in [3.05, 3.63) is 129 Å². The average Bonchev–Trinajstić information content (AvgIpc) is 2.87. The van der Waals surface area contributed by atoms with Crippen molar-refractivity contribution in [1.82, 2.24) is 0 Å². The number of hydrogen-bond donors (Lipinski definition) is 2. The summed E-state index contributed by atoms with van der Waals surface area (Å²) in [5.74, 6) is -1.57. The van der Waals surface area contributed by atoms with Crippen molar-refractivity contribution in [2.24, 2.45) is 0 Å². The number of rotatable bonds is 4. The number of benzene rings is 4. The minimum absolute atomic E-state index is 0.105. The standard InChI is InChI=1S/C30H22N2O4/c1-17-7-3-9-19(15-17)29(35)31-23-13-5-11-21-25(23)28(34)26-22(27(21)33)12-6-14-24(26)32-30(36)20-10-4-8-18(2)16-20/h3-16H,1-2H3,(H,31,35)(H,32,36). The van der Waals surface area contributed by atoms with Crippen LogP contribution in [-0.4, -0.2) is 23.4 Å². The highest BCUT2D eigenvalue weighted by atomic mass is 16.2. The van der Waals surface area contributed by atoms with Gasteiger partial charge in [-0.1, -0.05) is 59.7 Å². The molecule has 36 heavy (non-hydrogen) atoms. The lowest BCUT2D eigenvalue weighted by molar-refractivity contribution is 0.0978. The lowest BCUT2D eigenvalue weighted by Crippen LogP contribution is -2.26. The van der Waals surface area contributed by atoms with Gasteiger partial charge in [0, 0.05) is 22.3 Å². The molecule has 0 bridgehead atoms. The largest absolute Gasteiger partial charge is 0.321 e. The normalized spacial score (nSPS) is 11.9. The van der Waals surface area contributed by atoms with Gasteiger partial charge in [0.25, 0.3) is 11.8 Å². The Hall–Kier alpha value is -4.84. The van der Waals surface area contributed by atoms with Crippen LogP contribution in [0, 0.1) is 13.8 Å². The fourth-order valence-corrected chi connectivity index (χ4v) is 4.41. The van der Waals surface area contributed by atoms with Gasteiger partial charge in [0.15, 0.2) is 11.6 Å². The number of fused-ring (bicyclic) bond motifs is 2. The summed E-state index contributed by atoms with van der Waals surface area (Å²) in [6, 6.07) is 23.7. The molecule has 0 radical (unpaired) electrons. The van der Waals surface area contributed by atoms with Gasteiger partial charge in [-0.05, 0) is 50.2 Å². The summed E-state index contributed by atoms with van der Waals surface area (Å²) in [6.07, 6.45) is 0. The smallest absolute Gasteiger partial charge is 0.255 e. The van der Waals surface area contributed by atoms with Gasteiger partial charge < -0.3 is 10.6 Å². The van der Waals surface area contributed by atoms with Crippen LogP contribution in [0.5, 0.6) is 0 Å². The Bertz CT molecular complexity index is 1470. The molecule has 5 rings (SSSR count). The van der Waals surface area contributed by atoms with Gasteiger partial charge in [-0.15, -0.1) is 0 Å². The molecule has 0 aromatic heterocycles. The molecule has 0 atom stereocenters. The fraction of sp³-hybridized carbons (Fsp3) is 0.0667. The molecule has 4 aromatic rings. The van der Waals surface area contributed by atoms with E-state index in [0.29, 0.717) is 11.1 Å². The van der Waals surface area contributed by atoms with Crippen LogP contribution in [0.4, 0.5) is 11.4 Å². The molecule has 4 aromatic carbocycles. The van der Waals surface area contributed by atoms with E-state index < -0.39 is 5.78 Å². The average molecular weight is 475 g/mol. The van der Waals surface area contributed by atoms with Crippen molar-refractivity contribution in [2.75, 3.05) is 10.6 Å². The summed E-state index contributed by atoms with van der Waals surface area (Å²) >= 11 is 0. The van der Waals surface area contributed by atoms with Crippen LogP contribution >= 0.6 is 0 Å². The molecule has 0 fully saturated rings. The SMILES string of the molecule is Cc1cccc(C(=O)Nc2cccc3c2C(=O)c2c(NC(=O)c4cccc(C)c4)cccc2C3=O)c1. The predicted octanol–water partition coefficient (Wildman–Crippen LogP) is 5.58. The van der Waals surface area contributed by atoms with Crippen LogP contribution in [0.1, 0.15) is 63.7 Å². The maximum atomic E-state index is 13.8. The highest BCUT2D eigenvalue weighted by molar-refractivity contribution is 6.33.